The summed E-state index contributed by atoms with van der Waals surface area (Å²) in [4.78, 5) is 25.7. The maximum absolute atomic E-state index is 12.5. The van der Waals surface area contributed by atoms with Gasteiger partial charge in [-0.3, -0.25) is 4.79 Å². The van der Waals surface area contributed by atoms with E-state index < -0.39 is 0 Å². The second kappa shape index (κ2) is 6.57. The molecule has 0 bridgehead atoms. The number of anilines is 1. The van der Waals surface area contributed by atoms with Crippen LogP contribution in [-0.2, 0) is 0 Å². The summed E-state index contributed by atoms with van der Waals surface area (Å²) in [5.41, 5.74) is 1.68. The van der Waals surface area contributed by atoms with E-state index in [0.717, 1.165) is 43.1 Å². The van der Waals surface area contributed by atoms with Crippen LogP contribution < -0.4 is 4.90 Å². The first-order valence-electron chi connectivity index (χ1n) is 7.66. The summed E-state index contributed by atoms with van der Waals surface area (Å²) in [5.74, 6) is 0.987. The van der Waals surface area contributed by atoms with Crippen molar-refractivity contribution in [3.8, 4) is 0 Å². The Morgan fingerprint density at radius 2 is 2.04 bits per heavy atom. The van der Waals surface area contributed by atoms with Gasteiger partial charge in [0.25, 0.3) is 5.91 Å². The molecule has 0 spiro atoms. The number of amides is 1. The Kier molecular flexibility index (Phi) is 4.51. The van der Waals surface area contributed by atoms with Crippen molar-refractivity contribution in [3.63, 3.8) is 0 Å². The number of hydrogen-bond donors (Lipinski definition) is 0. The summed E-state index contributed by atoms with van der Waals surface area (Å²) in [7, 11) is 2.06. The third-order valence-corrected chi connectivity index (χ3v) is 5.11. The highest BCUT2D eigenvalue weighted by molar-refractivity contribution is 7.07. The molecule has 1 aliphatic rings. The van der Waals surface area contributed by atoms with Crippen LogP contribution in [0.15, 0.2) is 12.4 Å². The lowest BCUT2D eigenvalue weighted by Gasteiger charge is -2.37. The molecule has 23 heavy (non-hydrogen) atoms. The van der Waals surface area contributed by atoms with Crippen LogP contribution in [-0.4, -0.2) is 56.5 Å². The van der Waals surface area contributed by atoms with Crippen LogP contribution in [0.5, 0.6) is 0 Å². The van der Waals surface area contributed by atoms with Crippen LogP contribution in [0.2, 0.25) is 0 Å². The number of carbonyl (C=O) groups excluding carboxylic acids is 1. The normalized spacial score (nSPS) is 15.7. The van der Waals surface area contributed by atoms with Crippen molar-refractivity contribution in [2.75, 3.05) is 25.0 Å². The first kappa shape index (κ1) is 15.8. The lowest BCUT2D eigenvalue weighted by atomic mass is 10.0. The molecule has 2 aromatic rings. The number of hydrogen-bond acceptors (Lipinski definition) is 7. The van der Waals surface area contributed by atoms with Gasteiger partial charge in [0.05, 0.1) is 5.69 Å². The van der Waals surface area contributed by atoms with E-state index in [0.29, 0.717) is 10.9 Å². The molecule has 1 amide bonds. The summed E-state index contributed by atoms with van der Waals surface area (Å²) in [6, 6.07) is 2.37. The SMILES string of the molecule is Cc1cc(N(C)C2CCN(C(=O)c3snnc3C)CC2)ncn1. The monoisotopic (exact) mass is 332 g/mol. The predicted octanol–water partition coefficient (Wildman–Crippen LogP) is 1.69. The zero-order valence-electron chi connectivity index (χ0n) is 13.6. The van der Waals surface area contributed by atoms with Crippen molar-refractivity contribution in [3.05, 3.63) is 28.7 Å². The smallest absolute Gasteiger partial charge is 0.267 e. The predicted molar refractivity (Wildman–Crippen MR) is 88.7 cm³/mol. The molecule has 0 unspecified atom stereocenters. The van der Waals surface area contributed by atoms with E-state index in [1.165, 1.54) is 11.5 Å². The average Bonchev–Trinajstić information content (AvgIpc) is 3.00. The standard InChI is InChI=1S/C15H20N6OS/c1-10-8-13(17-9-16-10)20(3)12-4-6-21(7-5-12)15(22)14-11(2)18-19-23-14/h8-9,12H,4-7H2,1-3H3. The maximum Gasteiger partial charge on any atom is 0.267 e. The first-order chi connectivity index (χ1) is 11.1. The van der Waals surface area contributed by atoms with Crippen LogP contribution >= 0.6 is 11.5 Å². The van der Waals surface area contributed by atoms with Gasteiger partial charge in [-0.1, -0.05) is 4.49 Å². The Balaban J connectivity index is 1.62. The molecule has 0 saturated carbocycles. The molecule has 1 aliphatic heterocycles. The highest BCUT2D eigenvalue weighted by Gasteiger charge is 2.28. The van der Waals surface area contributed by atoms with Crippen molar-refractivity contribution >= 4 is 23.3 Å². The molecule has 0 atom stereocenters. The quantitative estimate of drug-likeness (QED) is 0.851. The summed E-state index contributed by atoms with van der Waals surface area (Å²) >= 11 is 1.18. The van der Waals surface area contributed by atoms with Crippen LogP contribution in [0, 0.1) is 13.8 Å². The fraction of sp³-hybridized carbons (Fsp3) is 0.533. The van der Waals surface area contributed by atoms with Gasteiger partial charge in [0.15, 0.2) is 0 Å². The number of carbonyl (C=O) groups is 1. The summed E-state index contributed by atoms with van der Waals surface area (Å²) in [6.07, 6.45) is 3.45. The van der Waals surface area contributed by atoms with E-state index in [1.54, 1.807) is 6.33 Å². The van der Waals surface area contributed by atoms with E-state index in [-0.39, 0.29) is 5.91 Å². The Bertz CT molecular complexity index is 695. The number of nitrogens with zero attached hydrogens (tertiary/aromatic N) is 6. The number of aryl methyl sites for hydroxylation is 2. The lowest BCUT2D eigenvalue weighted by Crippen LogP contribution is -2.45. The van der Waals surface area contributed by atoms with Gasteiger partial charge in [0.1, 0.15) is 17.0 Å². The van der Waals surface area contributed by atoms with Gasteiger partial charge in [-0.15, -0.1) is 5.10 Å². The summed E-state index contributed by atoms with van der Waals surface area (Å²) in [6.45, 7) is 5.28. The maximum atomic E-state index is 12.5. The van der Waals surface area contributed by atoms with Gasteiger partial charge in [0, 0.05) is 37.9 Å². The molecule has 3 rings (SSSR count). The lowest BCUT2D eigenvalue weighted by molar-refractivity contribution is 0.0717. The van der Waals surface area contributed by atoms with E-state index in [2.05, 4.69) is 31.5 Å². The van der Waals surface area contributed by atoms with Crippen LogP contribution in [0.25, 0.3) is 0 Å². The number of likely N-dealkylation sites (tertiary alicyclic amines) is 1. The highest BCUT2D eigenvalue weighted by atomic mass is 32.1. The molecule has 122 valence electrons. The van der Waals surface area contributed by atoms with E-state index >= 15 is 0 Å². The Hall–Kier alpha value is -2.09. The van der Waals surface area contributed by atoms with Crippen molar-refractivity contribution in [1.29, 1.82) is 0 Å². The topological polar surface area (TPSA) is 75.1 Å². The molecular weight excluding hydrogens is 312 g/mol. The molecule has 1 fully saturated rings. The van der Waals surface area contributed by atoms with E-state index in [1.807, 2.05) is 24.8 Å². The largest absolute Gasteiger partial charge is 0.356 e. The Morgan fingerprint density at radius 1 is 1.30 bits per heavy atom. The van der Waals surface area contributed by atoms with E-state index in [4.69, 9.17) is 0 Å². The summed E-state index contributed by atoms with van der Waals surface area (Å²) in [5, 5.41) is 3.92. The summed E-state index contributed by atoms with van der Waals surface area (Å²) < 4.78 is 3.85. The molecule has 0 aliphatic carbocycles. The molecule has 3 heterocycles. The molecule has 1 saturated heterocycles. The molecule has 2 aromatic heterocycles. The van der Waals surface area contributed by atoms with Gasteiger partial charge < -0.3 is 9.80 Å². The van der Waals surface area contributed by atoms with Gasteiger partial charge >= 0.3 is 0 Å². The van der Waals surface area contributed by atoms with Gasteiger partial charge in [-0.05, 0) is 38.2 Å². The van der Waals surface area contributed by atoms with Crippen LogP contribution in [0.1, 0.15) is 33.9 Å². The van der Waals surface area contributed by atoms with Crippen molar-refractivity contribution in [2.45, 2.75) is 32.7 Å². The zero-order chi connectivity index (χ0) is 16.4. The molecule has 7 nitrogen and oxygen atoms in total. The number of rotatable bonds is 3. The molecule has 0 N–H and O–H groups in total. The van der Waals surface area contributed by atoms with Crippen molar-refractivity contribution < 1.29 is 4.79 Å². The zero-order valence-corrected chi connectivity index (χ0v) is 14.4. The minimum Gasteiger partial charge on any atom is -0.356 e. The second-order valence-electron chi connectivity index (χ2n) is 5.84. The number of aromatic nitrogens is 4. The van der Waals surface area contributed by atoms with Gasteiger partial charge in [-0.2, -0.15) is 0 Å². The van der Waals surface area contributed by atoms with Crippen molar-refractivity contribution in [1.82, 2.24) is 24.5 Å². The minimum absolute atomic E-state index is 0.0523. The van der Waals surface area contributed by atoms with E-state index in [9.17, 15) is 4.79 Å². The van der Waals surface area contributed by atoms with Crippen LogP contribution in [0.3, 0.4) is 0 Å². The Labute approximate surface area is 139 Å². The average molecular weight is 332 g/mol. The van der Waals surface area contributed by atoms with Crippen molar-refractivity contribution in [2.24, 2.45) is 0 Å². The number of piperidine rings is 1. The Morgan fingerprint density at radius 3 is 2.65 bits per heavy atom. The third kappa shape index (κ3) is 3.31. The fourth-order valence-electron chi connectivity index (χ4n) is 2.85. The second-order valence-corrected chi connectivity index (χ2v) is 6.59. The minimum atomic E-state index is 0.0523. The highest BCUT2D eigenvalue weighted by Crippen LogP contribution is 2.22. The van der Waals surface area contributed by atoms with Gasteiger partial charge in [-0.25, -0.2) is 9.97 Å². The molecule has 8 heteroatoms. The molecular formula is C15H20N6OS. The third-order valence-electron chi connectivity index (χ3n) is 4.30. The van der Waals surface area contributed by atoms with Gasteiger partial charge in [0.2, 0.25) is 0 Å². The first-order valence-corrected chi connectivity index (χ1v) is 8.43. The fourth-order valence-corrected chi connectivity index (χ4v) is 3.47. The molecule has 0 radical (unpaired) electrons. The van der Waals surface area contributed by atoms with Crippen LogP contribution in [0.4, 0.5) is 5.82 Å². The molecule has 0 aromatic carbocycles.